The highest BCUT2D eigenvalue weighted by atomic mass is 35.5. The first-order valence-corrected chi connectivity index (χ1v) is 6.95. The number of rotatable bonds is 2. The number of nitrogens with one attached hydrogen (secondary N) is 2. The van der Waals surface area contributed by atoms with Crippen LogP contribution >= 0.6 is 46.4 Å². The minimum atomic E-state index is -0.488. The Morgan fingerprint density at radius 3 is 2.05 bits per heavy atom. The summed E-state index contributed by atoms with van der Waals surface area (Å²) in [4.78, 5) is 11.9. The maximum absolute atomic E-state index is 11.9. The number of carbonyl (C=O) groups is 1. The normalized spacial score (nSPS) is 10.2. The maximum atomic E-state index is 11.9. The van der Waals surface area contributed by atoms with Gasteiger partial charge >= 0.3 is 6.03 Å². The van der Waals surface area contributed by atoms with Crippen molar-refractivity contribution in [1.82, 2.24) is 0 Å². The first-order valence-electron chi connectivity index (χ1n) is 5.44. The molecule has 20 heavy (non-hydrogen) atoms. The van der Waals surface area contributed by atoms with Crippen molar-refractivity contribution in [3.8, 4) is 0 Å². The summed E-state index contributed by atoms with van der Waals surface area (Å²) in [5, 5.41) is 6.84. The maximum Gasteiger partial charge on any atom is 0.323 e. The van der Waals surface area contributed by atoms with Crippen molar-refractivity contribution in [1.29, 1.82) is 0 Å². The fraction of sp³-hybridized carbons (Fsp3) is 0. The van der Waals surface area contributed by atoms with Crippen LogP contribution in [0.25, 0.3) is 0 Å². The predicted octanol–water partition coefficient (Wildman–Crippen LogP) is 5.94. The van der Waals surface area contributed by atoms with Crippen molar-refractivity contribution in [2.24, 2.45) is 0 Å². The molecule has 0 unspecified atom stereocenters. The number of hydrogen-bond donors (Lipinski definition) is 2. The van der Waals surface area contributed by atoms with Crippen LogP contribution in [0.1, 0.15) is 0 Å². The quantitative estimate of drug-likeness (QED) is 0.691. The van der Waals surface area contributed by atoms with E-state index in [1.54, 1.807) is 30.3 Å². The lowest BCUT2D eigenvalue weighted by molar-refractivity contribution is 0.262. The third kappa shape index (κ3) is 3.93. The summed E-state index contributed by atoms with van der Waals surface area (Å²) < 4.78 is 0. The van der Waals surface area contributed by atoms with Crippen LogP contribution in [0.15, 0.2) is 36.4 Å². The molecule has 0 bridgehead atoms. The van der Waals surface area contributed by atoms with Gasteiger partial charge in [-0.3, -0.25) is 0 Å². The smallest absolute Gasteiger partial charge is 0.306 e. The van der Waals surface area contributed by atoms with Gasteiger partial charge in [0.2, 0.25) is 0 Å². The lowest BCUT2D eigenvalue weighted by atomic mass is 10.3. The molecule has 0 saturated heterocycles. The predicted molar refractivity (Wildman–Crippen MR) is 85.6 cm³/mol. The van der Waals surface area contributed by atoms with Crippen molar-refractivity contribution in [2.45, 2.75) is 0 Å². The minimum Gasteiger partial charge on any atom is -0.306 e. The fourth-order valence-corrected chi connectivity index (χ4v) is 2.25. The van der Waals surface area contributed by atoms with E-state index in [1.807, 2.05) is 0 Å². The standard InChI is InChI=1S/C13H8Cl4N2O/c14-7-2-4-11(10(17)5-7)18-13(20)19-12-6-8(15)1-3-9(12)16/h1-6H,(H2,18,19,20). The lowest BCUT2D eigenvalue weighted by Gasteiger charge is -2.10. The number of urea groups is 1. The van der Waals surface area contributed by atoms with E-state index in [0.717, 1.165) is 0 Å². The van der Waals surface area contributed by atoms with E-state index >= 15 is 0 Å². The van der Waals surface area contributed by atoms with Crippen LogP contribution in [0.2, 0.25) is 20.1 Å². The molecular weight excluding hydrogens is 342 g/mol. The van der Waals surface area contributed by atoms with Crippen LogP contribution in [0.3, 0.4) is 0 Å². The van der Waals surface area contributed by atoms with Crippen molar-refractivity contribution < 1.29 is 4.79 Å². The summed E-state index contributed by atoms with van der Waals surface area (Å²) in [6.45, 7) is 0. The van der Waals surface area contributed by atoms with Gasteiger partial charge in [0.25, 0.3) is 0 Å². The van der Waals surface area contributed by atoms with Crippen molar-refractivity contribution in [3.63, 3.8) is 0 Å². The van der Waals surface area contributed by atoms with E-state index in [-0.39, 0.29) is 0 Å². The third-order valence-electron chi connectivity index (χ3n) is 2.36. The minimum absolute atomic E-state index is 0.338. The van der Waals surface area contributed by atoms with Gasteiger partial charge < -0.3 is 10.6 Å². The van der Waals surface area contributed by atoms with Gasteiger partial charge in [-0.1, -0.05) is 46.4 Å². The van der Waals surface area contributed by atoms with Gasteiger partial charge in [-0.05, 0) is 36.4 Å². The Morgan fingerprint density at radius 1 is 0.750 bits per heavy atom. The van der Waals surface area contributed by atoms with Crippen LogP contribution in [-0.4, -0.2) is 6.03 Å². The van der Waals surface area contributed by atoms with E-state index in [0.29, 0.717) is 31.5 Å². The highest BCUT2D eigenvalue weighted by Crippen LogP contribution is 2.27. The summed E-state index contributed by atoms with van der Waals surface area (Å²) >= 11 is 23.5. The fourth-order valence-electron chi connectivity index (χ4n) is 1.46. The Kier molecular flexibility index (Phi) is 5.00. The molecule has 2 N–H and O–H groups in total. The molecule has 2 aromatic rings. The van der Waals surface area contributed by atoms with E-state index < -0.39 is 6.03 Å². The average Bonchev–Trinajstić information content (AvgIpc) is 2.37. The van der Waals surface area contributed by atoms with Crippen LogP contribution in [0.4, 0.5) is 16.2 Å². The molecule has 2 aromatic carbocycles. The monoisotopic (exact) mass is 348 g/mol. The zero-order chi connectivity index (χ0) is 14.7. The van der Waals surface area contributed by atoms with Gasteiger partial charge in [-0.15, -0.1) is 0 Å². The number of anilines is 2. The highest BCUT2D eigenvalue weighted by molar-refractivity contribution is 6.37. The molecule has 0 fully saturated rings. The third-order valence-corrected chi connectivity index (χ3v) is 3.47. The first-order chi connectivity index (χ1) is 9.45. The number of halogens is 4. The van der Waals surface area contributed by atoms with E-state index in [9.17, 15) is 4.79 Å². The van der Waals surface area contributed by atoms with Gasteiger partial charge in [0.1, 0.15) is 0 Å². The summed E-state index contributed by atoms with van der Waals surface area (Å²) in [7, 11) is 0. The number of hydrogen-bond acceptors (Lipinski definition) is 1. The van der Waals surface area contributed by atoms with Crippen molar-refractivity contribution >= 4 is 63.8 Å². The summed E-state index contributed by atoms with van der Waals surface area (Å²) in [6.07, 6.45) is 0. The van der Waals surface area contributed by atoms with E-state index in [1.165, 1.54) is 6.07 Å². The molecule has 0 aliphatic carbocycles. The summed E-state index contributed by atoms with van der Waals surface area (Å²) in [6, 6.07) is 9.04. The molecule has 0 aliphatic rings. The molecule has 0 atom stereocenters. The van der Waals surface area contributed by atoms with Gasteiger partial charge in [-0.2, -0.15) is 0 Å². The topological polar surface area (TPSA) is 41.1 Å². The first kappa shape index (κ1) is 15.3. The Morgan fingerprint density at radius 2 is 1.35 bits per heavy atom. The van der Waals surface area contributed by atoms with Crippen LogP contribution in [0.5, 0.6) is 0 Å². The van der Waals surface area contributed by atoms with E-state index in [2.05, 4.69) is 10.6 Å². The van der Waals surface area contributed by atoms with Gasteiger partial charge in [0, 0.05) is 10.0 Å². The molecule has 0 saturated carbocycles. The van der Waals surface area contributed by atoms with Crippen molar-refractivity contribution in [2.75, 3.05) is 10.6 Å². The molecule has 0 radical (unpaired) electrons. The zero-order valence-electron chi connectivity index (χ0n) is 9.88. The molecular formula is C13H8Cl4N2O. The number of carbonyl (C=O) groups excluding carboxylic acids is 1. The number of benzene rings is 2. The Bertz CT molecular complexity index is 661. The number of amides is 2. The van der Waals surface area contributed by atoms with Crippen molar-refractivity contribution in [3.05, 3.63) is 56.5 Å². The van der Waals surface area contributed by atoms with Gasteiger partial charge in [0.05, 0.1) is 21.4 Å². The average molecular weight is 350 g/mol. The van der Waals surface area contributed by atoms with Crippen LogP contribution < -0.4 is 10.6 Å². The Balaban J connectivity index is 2.11. The van der Waals surface area contributed by atoms with Gasteiger partial charge in [0.15, 0.2) is 0 Å². The summed E-state index contributed by atoms with van der Waals surface area (Å²) in [5.41, 5.74) is 0.841. The Labute approximate surface area is 135 Å². The van der Waals surface area contributed by atoms with E-state index in [4.69, 9.17) is 46.4 Å². The molecule has 104 valence electrons. The SMILES string of the molecule is O=C(Nc1ccc(Cl)cc1Cl)Nc1cc(Cl)ccc1Cl. The second-order valence-electron chi connectivity index (χ2n) is 3.83. The molecule has 0 heterocycles. The molecule has 2 amide bonds. The molecule has 0 spiro atoms. The molecule has 0 aromatic heterocycles. The Hall–Kier alpha value is -1.13. The lowest BCUT2D eigenvalue weighted by Crippen LogP contribution is -2.19. The van der Waals surface area contributed by atoms with Crippen LogP contribution in [-0.2, 0) is 0 Å². The summed E-state index contributed by atoms with van der Waals surface area (Å²) in [5.74, 6) is 0. The second-order valence-corrected chi connectivity index (χ2v) is 5.51. The van der Waals surface area contributed by atoms with Gasteiger partial charge in [-0.25, -0.2) is 4.79 Å². The second kappa shape index (κ2) is 6.55. The molecule has 2 rings (SSSR count). The molecule has 7 heteroatoms. The largest absolute Gasteiger partial charge is 0.323 e. The van der Waals surface area contributed by atoms with Crippen LogP contribution in [0, 0.1) is 0 Å². The zero-order valence-corrected chi connectivity index (χ0v) is 12.9. The molecule has 0 aliphatic heterocycles. The molecule has 3 nitrogen and oxygen atoms in total. The highest BCUT2D eigenvalue weighted by Gasteiger charge is 2.09.